The number of carbonyl (C=O) groups is 2. The Hall–Kier alpha value is -9.71. The molecule has 0 N–H and O–H groups in total. The number of pyridine rings is 2. The molecular formula is C61H36N6O2. The molecule has 0 saturated carbocycles. The van der Waals surface area contributed by atoms with Crippen LogP contribution < -0.4 is 4.90 Å². The summed E-state index contributed by atoms with van der Waals surface area (Å²) in [6, 6.07) is 70.2. The zero-order valence-electron chi connectivity index (χ0n) is 36.8. The molecule has 0 atom stereocenters. The van der Waals surface area contributed by atoms with Gasteiger partial charge in [-0.3, -0.25) is 19.6 Å². The van der Waals surface area contributed by atoms with Crippen molar-refractivity contribution in [2.45, 2.75) is 0 Å². The molecule has 0 aliphatic carbocycles. The Labute approximate surface area is 395 Å². The van der Waals surface area contributed by atoms with E-state index in [-0.39, 0.29) is 5.56 Å². The minimum absolute atomic E-state index is 0.286. The smallest absolute Gasteiger partial charge is 0.266 e. The Bertz CT molecular complexity index is 3950. The second-order valence-electron chi connectivity index (χ2n) is 17.2. The Kier molecular flexibility index (Phi) is 9.04. The third-order valence-corrected chi connectivity index (χ3v) is 13.4. The summed E-state index contributed by atoms with van der Waals surface area (Å²) in [6.45, 7) is 0. The van der Waals surface area contributed by atoms with E-state index >= 15 is 4.79 Å². The fourth-order valence-corrected chi connectivity index (χ4v) is 10.4. The number of nitriles is 1. The molecule has 4 aromatic heterocycles. The van der Waals surface area contributed by atoms with Gasteiger partial charge in [0.25, 0.3) is 11.8 Å². The van der Waals surface area contributed by atoms with Gasteiger partial charge in [-0.2, -0.15) is 5.26 Å². The Morgan fingerprint density at radius 2 is 0.884 bits per heavy atom. The first-order valence-electron chi connectivity index (χ1n) is 22.7. The molecule has 0 bridgehead atoms. The van der Waals surface area contributed by atoms with Gasteiger partial charge in [-0.25, -0.2) is 4.90 Å². The van der Waals surface area contributed by atoms with Gasteiger partial charge in [-0.05, 0) is 96.1 Å². The zero-order chi connectivity index (χ0) is 46.2. The van der Waals surface area contributed by atoms with Gasteiger partial charge in [0, 0.05) is 56.2 Å². The highest BCUT2D eigenvalue weighted by Crippen LogP contribution is 2.47. The number of aromatic nitrogens is 4. The van der Waals surface area contributed by atoms with Gasteiger partial charge >= 0.3 is 0 Å². The van der Waals surface area contributed by atoms with E-state index in [0.29, 0.717) is 39.3 Å². The van der Waals surface area contributed by atoms with Crippen molar-refractivity contribution in [3.8, 4) is 62.2 Å². The SMILES string of the molecule is N#Cc1cc(-n2c3ccccc3c3cc(-c4ccccn4)ccc32)c(-c2cccc3c2C(=O)N(c2ccccc2-c2ccccc2)C3=O)c(-n2c3ccccc3c3cc(-c4ccccn4)ccc32)c1. The quantitative estimate of drug-likeness (QED) is 0.149. The highest BCUT2D eigenvalue weighted by Gasteiger charge is 2.41. The summed E-state index contributed by atoms with van der Waals surface area (Å²) in [5, 5.41) is 15.1. The predicted molar refractivity (Wildman–Crippen MR) is 275 cm³/mol. The van der Waals surface area contributed by atoms with Crippen molar-refractivity contribution in [2.24, 2.45) is 0 Å². The number of carbonyl (C=O) groups excluding carboxylic acids is 2. The van der Waals surface area contributed by atoms with Crippen LogP contribution >= 0.6 is 0 Å². The lowest BCUT2D eigenvalue weighted by atomic mass is 9.92. The van der Waals surface area contributed by atoms with E-state index in [2.05, 4.69) is 85.8 Å². The second-order valence-corrected chi connectivity index (χ2v) is 17.2. The van der Waals surface area contributed by atoms with Gasteiger partial charge in [-0.15, -0.1) is 0 Å². The molecule has 1 aliphatic heterocycles. The summed E-state index contributed by atoms with van der Waals surface area (Å²) in [5.74, 6) is -0.838. The van der Waals surface area contributed by atoms with E-state index in [4.69, 9.17) is 0 Å². The van der Waals surface area contributed by atoms with Crippen LogP contribution in [0, 0.1) is 11.3 Å². The summed E-state index contributed by atoms with van der Waals surface area (Å²) in [5.41, 5.74) is 13.0. The van der Waals surface area contributed by atoms with E-state index in [1.807, 2.05) is 140 Å². The summed E-state index contributed by atoms with van der Waals surface area (Å²) >= 11 is 0. The van der Waals surface area contributed by atoms with Crippen LogP contribution in [0.5, 0.6) is 0 Å². The fraction of sp³-hybridized carbons (Fsp3) is 0. The van der Waals surface area contributed by atoms with Crippen LogP contribution in [0.15, 0.2) is 219 Å². The largest absolute Gasteiger partial charge is 0.308 e. The minimum atomic E-state index is -0.431. The summed E-state index contributed by atoms with van der Waals surface area (Å²) in [6.07, 6.45) is 3.59. The van der Waals surface area contributed by atoms with Gasteiger partial charge in [0.15, 0.2) is 0 Å². The third-order valence-electron chi connectivity index (χ3n) is 13.4. The molecule has 12 aromatic rings. The Morgan fingerprint density at radius 1 is 0.377 bits per heavy atom. The lowest BCUT2D eigenvalue weighted by molar-refractivity contribution is 0.0926. The zero-order valence-corrected chi connectivity index (χ0v) is 36.8. The van der Waals surface area contributed by atoms with Crippen molar-refractivity contribution in [1.82, 2.24) is 19.1 Å². The van der Waals surface area contributed by atoms with Crippen molar-refractivity contribution >= 4 is 61.1 Å². The molecule has 8 heteroatoms. The maximum absolute atomic E-state index is 15.5. The lowest BCUT2D eigenvalue weighted by Crippen LogP contribution is -2.30. The normalized spacial score (nSPS) is 12.4. The van der Waals surface area contributed by atoms with Gasteiger partial charge in [0.05, 0.1) is 73.3 Å². The monoisotopic (exact) mass is 884 g/mol. The van der Waals surface area contributed by atoms with Gasteiger partial charge < -0.3 is 9.13 Å². The van der Waals surface area contributed by atoms with E-state index in [0.717, 1.165) is 77.3 Å². The molecule has 0 saturated heterocycles. The first kappa shape index (κ1) is 39.6. The van der Waals surface area contributed by atoms with Crippen LogP contribution in [-0.4, -0.2) is 30.9 Å². The molecule has 0 unspecified atom stereocenters. The summed E-state index contributed by atoms with van der Waals surface area (Å²) < 4.78 is 4.39. The first-order valence-corrected chi connectivity index (χ1v) is 22.7. The molecule has 13 rings (SSSR count). The van der Waals surface area contributed by atoms with Crippen molar-refractivity contribution in [2.75, 3.05) is 4.90 Å². The molecule has 8 nitrogen and oxygen atoms in total. The molecule has 2 amide bonds. The van der Waals surface area contributed by atoms with Crippen LogP contribution in [0.3, 0.4) is 0 Å². The van der Waals surface area contributed by atoms with Crippen molar-refractivity contribution < 1.29 is 9.59 Å². The number of para-hydroxylation sites is 3. The highest BCUT2D eigenvalue weighted by molar-refractivity contribution is 6.37. The number of fused-ring (bicyclic) bond motifs is 7. The third kappa shape index (κ3) is 6.15. The fourth-order valence-electron chi connectivity index (χ4n) is 10.4. The summed E-state index contributed by atoms with van der Waals surface area (Å²) in [4.78, 5) is 41.1. The lowest BCUT2D eigenvalue weighted by Gasteiger charge is -2.22. The molecule has 5 heterocycles. The number of hydrogen-bond acceptors (Lipinski definition) is 5. The van der Waals surface area contributed by atoms with Crippen LogP contribution in [0.25, 0.3) is 99.8 Å². The van der Waals surface area contributed by atoms with Crippen LogP contribution in [-0.2, 0) is 0 Å². The minimum Gasteiger partial charge on any atom is -0.308 e. The molecule has 69 heavy (non-hydrogen) atoms. The molecule has 1 aliphatic rings. The van der Waals surface area contributed by atoms with Crippen LogP contribution in [0.4, 0.5) is 5.69 Å². The average Bonchev–Trinajstić information content (AvgIpc) is 4.02. The molecule has 8 aromatic carbocycles. The number of amides is 2. The maximum Gasteiger partial charge on any atom is 0.266 e. The van der Waals surface area contributed by atoms with Gasteiger partial charge in [0.1, 0.15) is 0 Å². The standard InChI is InChI=1S/C61H36N6O2/c62-37-38-33-56(65-52-25-8-5-18-43(52)47-35-40(27-29-54(47)65)49-22-10-12-31-63-49)59(57(34-38)66-53-26-9-6-19-44(53)48-36-41(28-30-55(48)66)50-23-11-13-32-64-50)45-20-14-21-46-58(45)61(69)67(60(46)68)51-24-7-4-17-42(51)39-15-2-1-3-16-39/h1-36H. The summed E-state index contributed by atoms with van der Waals surface area (Å²) in [7, 11) is 0. The molecular weight excluding hydrogens is 849 g/mol. The van der Waals surface area contributed by atoms with E-state index in [1.165, 1.54) is 4.90 Å². The number of rotatable bonds is 7. The number of benzene rings is 8. The van der Waals surface area contributed by atoms with E-state index in [1.54, 1.807) is 18.5 Å². The number of nitrogens with zero attached hydrogens (tertiary/aromatic N) is 6. The molecule has 0 spiro atoms. The Balaban J connectivity index is 1.14. The van der Waals surface area contributed by atoms with Gasteiger partial charge in [-0.1, -0.05) is 121 Å². The number of anilines is 1. The van der Waals surface area contributed by atoms with Crippen LogP contribution in [0.1, 0.15) is 26.3 Å². The van der Waals surface area contributed by atoms with Crippen molar-refractivity contribution in [3.63, 3.8) is 0 Å². The maximum atomic E-state index is 15.5. The molecule has 0 radical (unpaired) electrons. The number of hydrogen-bond donors (Lipinski definition) is 0. The Morgan fingerprint density at radius 3 is 1.46 bits per heavy atom. The topological polar surface area (TPSA) is 96.8 Å². The van der Waals surface area contributed by atoms with Crippen molar-refractivity contribution in [1.29, 1.82) is 5.26 Å². The first-order chi connectivity index (χ1) is 34.1. The predicted octanol–water partition coefficient (Wildman–Crippen LogP) is 14.0. The second kappa shape index (κ2) is 15.7. The van der Waals surface area contributed by atoms with E-state index < -0.39 is 11.8 Å². The van der Waals surface area contributed by atoms with E-state index in [9.17, 15) is 10.1 Å². The van der Waals surface area contributed by atoms with Crippen LogP contribution in [0.2, 0.25) is 0 Å². The van der Waals surface area contributed by atoms with Gasteiger partial charge in [0.2, 0.25) is 0 Å². The number of imide groups is 1. The van der Waals surface area contributed by atoms with Crippen molar-refractivity contribution in [3.05, 3.63) is 235 Å². The highest BCUT2D eigenvalue weighted by atomic mass is 16.2. The molecule has 322 valence electrons. The molecule has 0 fully saturated rings. The average molecular weight is 885 g/mol.